The lowest BCUT2D eigenvalue weighted by molar-refractivity contribution is 0.0780. The zero-order valence-corrected chi connectivity index (χ0v) is 13.7. The smallest absolute Gasteiger partial charge is 0.253 e. The molecule has 1 aromatic rings. The van der Waals surface area contributed by atoms with Crippen LogP contribution in [-0.2, 0) is 4.84 Å². The molecule has 1 amide bonds. The minimum absolute atomic E-state index is 0.0586. The van der Waals surface area contributed by atoms with Crippen molar-refractivity contribution in [2.24, 2.45) is 5.16 Å². The molecule has 0 atom stereocenters. The average Bonchev–Trinajstić information content (AvgIpc) is 3.09. The van der Waals surface area contributed by atoms with Gasteiger partial charge in [0, 0.05) is 32.1 Å². The Morgan fingerprint density at radius 3 is 2.41 bits per heavy atom. The summed E-state index contributed by atoms with van der Waals surface area (Å²) in [5.74, 6) is 0.0586. The Balaban J connectivity index is 1.94. The SMILES string of the molecule is CCN(CC)CCN(C)C(=O)c1ccc(C2=NOCC2)cc1. The number of amides is 1. The molecular formula is C17H25N3O2. The third kappa shape index (κ3) is 4.07. The highest BCUT2D eigenvalue weighted by atomic mass is 16.6. The van der Waals surface area contributed by atoms with Gasteiger partial charge in [-0.05, 0) is 30.8 Å². The predicted molar refractivity (Wildman–Crippen MR) is 88.3 cm³/mol. The second-order valence-electron chi connectivity index (χ2n) is 5.45. The van der Waals surface area contributed by atoms with Gasteiger partial charge in [0.1, 0.15) is 6.61 Å². The molecule has 1 heterocycles. The minimum Gasteiger partial charge on any atom is -0.395 e. The van der Waals surface area contributed by atoms with Gasteiger partial charge in [-0.15, -0.1) is 0 Å². The van der Waals surface area contributed by atoms with Crippen molar-refractivity contribution >= 4 is 11.6 Å². The molecular weight excluding hydrogens is 278 g/mol. The van der Waals surface area contributed by atoms with Gasteiger partial charge in [-0.2, -0.15) is 0 Å². The van der Waals surface area contributed by atoms with Crippen LogP contribution >= 0.6 is 0 Å². The summed E-state index contributed by atoms with van der Waals surface area (Å²) >= 11 is 0. The van der Waals surface area contributed by atoms with Gasteiger partial charge in [-0.1, -0.05) is 31.1 Å². The molecule has 0 saturated carbocycles. The summed E-state index contributed by atoms with van der Waals surface area (Å²) in [6, 6.07) is 7.62. The van der Waals surface area contributed by atoms with E-state index in [4.69, 9.17) is 4.84 Å². The first kappa shape index (κ1) is 16.5. The van der Waals surface area contributed by atoms with Gasteiger partial charge in [0.2, 0.25) is 0 Å². The van der Waals surface area contributed by atoms with Crippen LogP contribution in [0, 0.1) is 0 Å². The molecule has 0 saturated heterocycles. The van der Waals surface area contributed by atoms with Crippen LogP contribution in [0.5, 0.6) is 0 Å². The van der Waals surface area contributed by atoms with Gasteiger partial charge in [-0.3, -0.25) is 4.79 Å². The third-order valence-corrected chi connectivity index (χ3v) is 4.06. The van der Waals surface area contributed by atoms with E-state index in [1.165, 1.54) is 0 Å². The lowest BCUT2D eigenvalue weighted by Gasteiger charge is -2.23. The molecule has 0 radical (unpaired) electrons. The molecule has 0 aliphatic carbocycles. The number of hydrogen-bond donors (Lipinski definition) is 0. The molecule has 120 valence electrons. The van der Waals surface area contributed by atoms with Crippen molar-refractivity contribution in [2.75, 3.05) is 39.8 Å². The molecule has 5 nitrogen and oxygen atoms in total. The Morgan fingerprint density at radius 1 is 1.18 bits per heavy atom. The third-order valence-electron chi connectivity index (χ3n) is 4.06. The summed E-state index contributed by atoms with van der Waals surface area (Å²) in [6.45, 7) is 8.59. The fraction of sp³-hybridized carbons (Fsp3) is 0.529. The van der Waals surface area contributed by atoms with Crippen LogP contribution in [0.2, 0.25) is 0 Å². The molecule has 5 heteroatoms. The number of oxime groups is 1. The largest absolute Gasteiger partial charge is 0.395 e. The molecule has 0 fully saturated rings. The Labute approximate surface area is 132 Å². The number of nitrogens with zero attached hydrogens (tertiary/aromatic N) is 3. The lowest BCUT2D eigenvalue weighted by atomic mass is 10.1. The molecule has 2 rings (SSSR count). The van der Waals surface area contributed by atoms with E-state index >= 15 is 0 Å². The zero-order valence-electron chi connectivity index (χ0n) is 13.7. The van der Waals surface area contributed by atoms with Crippen LogP contribution < -0.4 is 0 Å². The van der Waals surface area contributed by atoms with Crippen molar-refractivity contribution in [2.45, 2.75) is 20.3 Å². The first-order valence-corrected chi connectivity index (χ1v) is 7.92. The van der Waals surface area contributed by atoms with Crippen molar-refractivity contribution in [1.29, 1.82) is 0 Å². The van der Waals surface area contributed by atoms with Crippen LogP contribution in [0.25, 0.3) is 0 Å². The molecule has 0 spiro atoms. The highest BCUT2D eigenvalue weighted by Crippen LogP contribution is 2.13. The summed E-state index contributed by atoms with van der Waals surface area (Å²) in [5.41, 5.74) is 2.69. The summed E-state index contributed by atoms with van der Waals surface area (Å²) in [4.78, 5) is 21.5. The predicted octanol–water partition coefficient (Wildman–Crippen LogP) is 2.22. The van der Waals surface area contributed by atoms with E-state index in [9.17, 15) is 4.79 Å². The van der Waals surface area contributed by atoms with E-state index in [0.29, 0.717) is 12.2 Å². The van der Waals surface area contributed by atoms with Gasteiger partial charge in [0.05, 0.1) is 5.71 Å². The summed E-state index contributed by atoms with van der Waals surface area (Å²) < 4.78 is 0. The summed E-state index contributed by atoms with van der Waals surface area (Å²) in [6.07, 6.45) is 0.830. The average molecular weight is 303 g/mol. The van der Waals surface area contributed by atoms with Crippen LogP contribution in [-0.4, -0.2) is 61.3 Å². The van der Waals surface area contributed by atoms with Crippen LogP contribution in [0.3, 0.4) is 0 Å². The second kappa shape index (κ2) is 7.94. The molecule has 1 aliphatic heterocycles. The van der Waals surface area contributed by atoms with Gasteiger partial charge in [0.15, 0.2) is 0 Å². The molecule has 1 aromatic carbocycles. The van der Waals surface area contributed by atoms with Crippen molar-refractivity contribution in [1.82, 2.24) is 9.80 Å². The maximum atomic E-state index is 12.4. The van der Waals surface area contributed by atoms with E-state index < -0.39 is 0 Å². The number of benzene rings is 1. The maximum absolute atomic E-state index is 12.4. The number of carbonyl (C=O) groups excluding carboxylic acids is 1. The van der Waals surface area contributed by atoms with E-state index in [0.717, 1.165) is 43.9 Å². The summed E-state index contributed by atoms with van der Waals surface area (Å²) in [5, 5.41) is 4.00. The zero-order chi connectivity index (χ0) is 15.9. The van der Waals surface area contributed by atoms with Crippen LogP contribution in [0.1, 0.15) is 36.2 Å². The number of carbonyl (C=O) groups is 1. The van der Waals surface area contributed by atoms with Gasteiger partial charge < -0.3 is 14.6 Å². The fourth-order valence-corrected chi connectivity index (χ4v) is 2.47. The van der Waals surface area contributed by atoms with Crippen molar-refractivity contribution < 1.29 is 9.63 Å². The Bertz CT molecular complexity index is 521. The molecule has 1 aliphatic rings. The highest BCUT2D eigenvalue weighted by molar-refractivity contribution is 6.02. The monoisotopic (exact) mass is 303 g/mol. The molecule has 0 bridgehead atoms. The summed E-state index contributed by atoms with van der Waals surface area (Å²) in [7, 11) is 1.86. The molecule has 0 aromatic heterocycles. The second-order valence-corrected chi connectivity index (χ2v) is 5.45. The highest BCUT2D eigenvalue weighted by Gasteiger charge is 2.14. The first-order valence-electron chi connectivity index (χ1n) is 7.92. The standard InChI is InChI=1S/C17H25N3O2/c1-4-20(5-2)12-11-19(3)17(21)15-8-6-14(7-9-15)16-10-13-22-18-16/h6-9H,4-5,10-13H2,1-3H3. The maximum Gasteiger partial charge on any atom is 0.253 e. The Kier molecular flexibility index (Phi) is 5.95. The van der Waals surface area contributed by atoms with E-state index in [-0.39, 0.29) is 5.91 Å². The van der Waals surface area contributed by atoms with Crippen molar-refractivity contribution in [3.05, 3.63) is 35.4 Å². The Hall–Kier alpha value is -1.88. The van der Waals surface area contributed by atoms with Gasteiger partial charge >= 0.3 is 0 Å². The number of likely N-dealkylation sites (N-methyl/N-ethyl adjacent to an activating group) is 2. The fourth-order valence-electron chi connectivity index (χ4n) is 2.47. The van der Waals surface area contributed by atoms with E-state index in [2.05, 4.69) is 23.9 Å². The lowest BCUT2D eigenvalue weighted by Crippen LogP contribution is -2.36. The van der Waals surface area contributed by atoms with Crippen molar-refractivity contribution in [3.63, 3.8) is 0 Å². The topological polar surface area (TPSA) is 45.1 Å². The molecule has 0 unspecified atom stereocenters. The van der Waals surface area contributed by atoms with Gasteiger partial charge in [-0.25, -0.2) is 0 Å². The quantitative estimate of drug-likeness (QED) is 0.776. The molecule has 0 N–H and O–H groups in total. The molecule has 22 heavy (non-hydrogen) atoms. The number of hydrogen-bond acceptors (Lipinski definition) is 4. The van der Waals surface area contributed by atoms with E-state index in [1.807, 2.05) is 31.3 Å². The Morgan fingerprint density at radius 2 is 1.86 bits per heavy atom. The number of rotatable bonds is 7. The van der Waals surface area contributed by atoms with E-state index in [1.54, 1.807) is 4.90 Å². The van der Waals surface area contributed by atoms with Crippen LogP contribution in [0.4, 0.5) is 0 Å². The van der Waals surface area contributed by atoms with Crippen molar-refractivity contribution in [3.8, 4) is 0 Å². The van der Waals surface area contributed by atoms with Crippen LogP contribution in [0.15, 0.2) is 29.4 Å². The van der Waals surface area contributed by atoms with Gasteiger partial charge in [0.25, 0.3) is 5.91 Å². The minimum atomic E-state index is 0.0586. The first-order chi connectivity index (χ1) is 10.7. The normalized spacial score (nSPS) is 13.9.